The topological polar surface area (TPSA) is 55.6 Å². The lowest BCUT2D eigenvalue weighted by molar-refractivity contribution is -0.135. The first kappa shape index (κ1) is 15.4. The van der Waals surface area contributed by atoms with Gasteiger partial charge in [0.25, 0.3) is 5.91 Å². The van der Waals surface area contributed by atoms with Gasteiger partial charge in [0.2, 0.25) is 0 Å². The molecule has 0 aromatic heterocycles. The molecule has 106 valence electrons. The van der Waals surface area contributed by atoms with E-state index in [-0.39, 0.29) is 17.7 Å². The molecule has 0 aliphatic heterocycles. The van der Waals surface area contributed by atoms with Crippen LogP contribution in [0.25, 0.3) is 0 Å². The molecule has 2 unspecified atom stereocenters. The van der Waals surface area contributed by atoms with Crippen LogP contribution in [0.5, 0.6) is 5.75 Å². The second-order valence-corrected chi connectivity index (χ2v) is 4.90. The summed E-state index contributed by atoms with van der Waals surface area (Å²) in [6.07, 6.45) is -0.241. The number of ether oxygens (including phenoxy) is 1. The van der Waals surface area contributed by atoms with E-state index in [4.69, 9.17) is 10.5 Å². The summed E-state index contributed by atoms with van der Waals surface area (Å²) in [5, 5.41) is 0. The van der Waals surface area contributed by atoms with E-state index in [1.54, 1.807) is 33.2 Å². The predicted octanol–water partition coefficient (Wildman–Crippen LogP) is 1.57. The van der Waals surface area contributed by atoms with Crippen LogP contribution in [0.2, 0.25) is 0 Å². The molecule has 5 heteroatoms. The number of carbonyl (C=O) groups is 1. The molecule has 19 heavy (non-hydrogen) atoms. The second kappa shape index (κ2) is 6.52. The molecule has 0 radical (unpaired) electrons. The second-order valence-electron chi connectivity index (χ2n) is 4.90. The summed E-state index contributed by atoms with van der Waals surface area (Å²) < 4.78 is 19.3. The third kappa shape index (κ3) is 4.21. The summed E-state index contributed by atoms with van der Waals surface area (Å²) >= 11 is 0. The first-order chi connectivity index (χ1) is 8.82. The number of likely N-dealkylation sites (N-methyl/N-ethyl adjacent to an activating group) is 1. The molecule has 1 rings (SSSR count). The van der Waals surface area contributed by atoms with Crippen LogP contribution in [-0.4, -0.2) is 37.0 Å². The average Bonchev–Trinajstić information content (AvgIpc) is 2.31. The molecule has 0 bridgehead atoms. The van der Waals surface area contributed by atoms with E-state index in [0.717, 1.165) is 0 Å². The van der Waals surface area contributed by atoms with Crippen LogP contribution in [0.1, 0.15) is 19.4 Å². The largest absolute Gasteiger partial charge is 0.478 e. The van der Waals surface area contributed by atoms with Gasteiger partial charge < -0.3 is 15.4 Å². The molecule has 0 fully saturated rings. The Kier molecular flexibility index (Phi) is 5.30. The molecule has 0 saturated carbocycles. The standard InChI is InChI=1S/C14H21FN2O2/c1-9(16)8-11-6-5-7-12(15)13(11)19-10(2)14(18)17(3)4/h5-7,9-10H,8,16H2,1-4H3. The fraction of sp³-hybridized carbons (Fsp3) is 0.500. The van der Waals surface area contributed by atoms with Crippen molar-refractivity contribution >= 4 is 5.91 Å². The van der Waals surface area contributed by atoms with E-state index in [1.165, 1.54) is 11.0 Å². The lowest BCUT2D eigenvalue weighted by atomic mass is 10.1. The summed E-state index contributed by atoms with van der Waals surface area (Å²) in [6, 6.07) is 4.57. The first-order valence-electron chi connectivity index (χ1n) is 6.23. The van der Waals surface area contributed by atoms with Crippen LogP contribution in [0.4, 0.5) is 4.39 Å². The minimum Gasteiger partial charge on any atom is -0.478 e. The molecule has 2 N–H and O–H groups in total. The Labute approximate surface area is 113 Å². The smallest absolute Gasteiger partial charge is 0.262 e. The van der Waals surface area contributed by atoms with Crippen LogP contribution in [0.15, 0.2) is 18.2 Å². The van der Waals surface area contributed by atoms with E-state index in [2.05, 4.69) is 0 Å². The Morgan fingerprint density at radius 1 is 1.42 bits per heavy atom. The fourth-order valence-corrected chi connectivity index (χ4v) is 1.78. The number of carbonyl (C=O) groups excluding carboxylic acids is 1. The number of rotatable bonds is 5. The number of halogens is 1. The quantitative estimate of drug-likeness (QED) is 0.882. The van der Waals surface area contributed by atoms with Crippen molar-refractivity contribution < 1.29 is 13.9 Å². The molecular weight excluding hydrogens is 247 g/mol. The number of benzene rings is 1. The minimum absolute atomic E-state index is 0.107. The van der Waals surface area contributed by atoms with Crippen LogP contribution in [0.3, 0.4) is 0 Å². The van der Waals surface area contributed by atoms with Crippen molar-refractivity contribution in [2.75, 3.05) is 14.1 Å². The van der Waals surface area contributed by atoms with Gasteiger partial charge in [-0.15, -0.1) is 0 Å². The monoisotopic (exact) mass is 268 g/mol. The average molecular weight is 268 g/mol. The molecule has 1 aromatic rings. The third-order valence-corrected chi connectivity index (χ3v) is 2.67. The van der Waals surface area contributed by atoms with Crippen molar-refractivity contribution in [2.45, 2.75) is 32.4 Å². The van der Waals surface area contributed by atoms with Gasteiger partial charge in [0.05, 0.1) is 0 Å². The summed E-state index contributed by atoms with van der Waals surface area (Å²) in [4.78, 5) is 13.2. The van der Waals surface area contributed by atoms with Gasteiger partial charge in [-0.25, -0.2) is 4.39 Å². The Bertz CT molecular complexity index is 447. The molecule has 0 spiro atoms. The number of amides is 1. The normalized spacial score (nSPS) is 13.8. The Hall–Kier alpha value is -1.62. The SMILES string of the molecule is CC(N)Cc1cccc(F)c1OC(C)C(=O)N(C)C. The number of hydrogen-bond donors (Lipinski definition) is 1. The van der Waals surface area contributed by atoms with Gasteiger partial charge in [0, 0.05) is 20.1 Å². The summed E-state index contributed by atoms with van der Waals surface area (Å²) in [7, 11) is 3.26. The number of para-hydroxylation sites is 1. The highest BCUT2D eigenvalue weighted by molar-refractivity contribution is 5.80. The van der Waals surface area contributed by atoms with Crippen LogP contribution >= 0.6 is 0 Å². The van der Waals surface area contributed by atoms with Crippen molar-refractivity contribution in [1.82, 2.24) is 4.90 Å². The molecule has 0 aliphatic rings. The van der Waals surface area contributed by atoms with Gasteiger partial charge in [0.15, 0.2) is 17.7 Å². The van der Waals surface area contributed by atoms with Crippen LogP contribution in [0, 0.1) is 5.82 Å². The highest BCUT2D eigenvalue weighted by atomic mass is 19.1. The van der Waals surface area contributed by atoms with E-state index < -0.39 is 11.9 Å². The van der Waals surface area contributed by atoms with Crippen molar-refractivity contribution in [2.24, 2.45) is 5.73 Å². The fourth-order valence-electron chi connectivity index (χ4n) is 1.78. The third-order valence-electron chi connectivity index (χ3n) is 2.67. The molecule has 0 saturated heterocycles. The maximum absolute atomic E-state index is 13.8. The van der Waals surface area contributed by atoms with Crippen molar-refractivity contribution in [1.29, 1.82) is 0 Å². The summed E-state index contributed by atoms with van der Waals surface area (Å²) in [5.41, 5.74) is 6.40. The van der Waals surface area contributed by atoms with Gasteiger partial charge in [-0.2, -0.15) is 0 Å². The number of nitrogens with zero attached hydrogens (tertiary/aromatic N) is 1. The Morgan fingerprint density at radius 3 is 2.58 bits per heavy atom. The van der Waals surface area contributed by atoms with E-state index in [0.29, 0.717) is 12.0 Å². The van der Waals surface area contributed by atoms with Crippen molar-refractivity contribution in [3.63, 3.8) is 0 Å². The van der Waals surface area contributed by atoms with Crippen molar-refractivity contribution in [3.8, 4) is 5.75 Å². The zero-order chi connectivity index (χ0) is 14.6. The molecule has 0 aliphatic carbocycles. The van der Waals surface area contributed by atoms with Gasteiger partial charge in [0.1, 0.15) is 0 Å². The number of nitrogens with two attached hydrogens (primary N) is 1. The van der Waals surface area contributed by atoms with E-state index in [1.807, 2.05) is 6.92 Å². The van der Waals surface area contributed by atoms with E-state index >= 15 is 0 Å². The number of hydrogen-bond acceptors (Lipinski definition) is 3. The molecule has 1 aromatic carbocycles. The Morgan fingerprint density at radius 2 is 2.05 bits per heavy atom. The van der Waals surface area contributed by atoms with Gasteiger partial charge in [-0.3, -0.25) is 4.79 Å². The van der Waals surface area contributed by atoms with Crippen LogP contribution < -0.4 is 10.5 Å². The van der Waals surface area contributed by atoms with Gasteiger partial charge in [-0.1, -0.05) is 12.1 Å². The molecule has 0 heterocycles. The molecule has 1 amide bonds. The molecular formula is C14H21FN2O2. The minimum atomic E-state index is -0.737. The molecule has 2 atom stereocenters. The predicted molar refractivity (Wildman–Crippen MR) is 72.5 cm³/mol. The van der Waals surface area contributed by atoms with Gasteiger partial charge in [-0.05, 0) is 31.9 Å². The van der Waals surface area contributed by atoms with E-state index in [9.17, 15) is 9.18 Å². The zero-order valence-corrected chi connectivity index (χ0v) is 11.8. The van der Waals surface area contributed by atoms with Crippen molar-refractivity contribution in [3.05, 3.63) is 29.6 Å². The lowest BCUT2D eigenvalue weighted by Crippen LogP contribution is -2.35. The Balaban J connectivity index is 2.96. The van der Waals surface area contributed by atoms with Gasteiger partial charge >= 0.3 is 0 Å². The van der Waals surface area contributed by atoms with Crippen LogP contribution in [-0.2, 0) is 11.2 Å². The molecule has 4 nitrogen and oxygen atoms in total. The lowest BCUT2D eigenvalue weighted by Gasteiger charge is -2.20. The highest BCUT2D eigenvalue weighted by Gasteiger charge is 2.20. The highest BCUT2D eigenvalue weighted by Crippen LogP contribution is 2.25. The maximum Gasteiger partial charge on any atom is 0.262 e. The summed E-state index contributed by atoms with van der Waals surface area (Å²) in [5.74, 6) is -0.575. The summed E-state index contributed by atoms with van der Waals surface area (Å²) in [6.45, 7) is 3.44. The maximum atomic E-state index is 13.8. The zero-order valence-electron chi connectivity index (χ0n) is 11.8. The first-order valence-corrected chi connectivity index (χ1v) is 6.23.